The first-order valence-electron chi connectivity index (χ1n) is 5.16. The first-order valence-corrected chi connectivity index (χ1v) is 5.16. The molecule has 0 saturated carbocycles. The molecule has 0 amide bonds. The predicted molar refractivity (Wildman–Crippen MR) is 57.2 cm³/mol. The van der Waals surface area contributed by atoms with Crippen LogP contribution in [0.1, 0.15) is 20.8 Å². The van der Waals surface area contributed by atoms with Crippen molar-refractivity contribution in [3.8, 4) is 0 Å². The van der Waals surface area contributed by atoms with E-state index in [1.165, 1.54) is 0 Å². The summed E-state index contributed by atoms with van der Waals surface area (Å²) < 4.78 is 15.0. The summed E-state index contributed by atoms with van der Waals surface area (Å²) in [6.07, 6.45) is -1.08. The van der Waals surface area contributed by atoms with Gasteiger partial charge in [-0.25, -0.2) is 0 Å². The predicted octanol–water partition coefficient (Wildman–Crippen LogP) is 1.04. The molecule has 0 aromatic rings. The van der Waals surface area contributed by atoms with Gasteiger partial charge in [-0.3, -0.25) is 15.5 Å². The van der Waals surface area contributed by atoms with Gasteiger partial charge < -0.3 is 14.2 Å². The maximum absolute atomic E-state index is 10.8. The van der Waals surface area contributed by atoms with Gasteiger partial charge in [-0.05, 0) is 20.8 Å². The van der Waals surface area contributed by atoms with Crippen LogP contribution < -0.4 is 0 Å². The van der Waals surface area contributed by atoms with E-state index in [-0.39, 0.29) is 19.8 Å². The molecule has 1 N–H and O–H groups in total. The molecule has 7 nitrogen and oxygen atoms in total. The van der Waals surface area contributed by atoms with Crippen molar-refractivity contribution in [1.82, 2.24) is 0 Å². The monoisotopic (exact) mass is 234 g/mol. The summed E-state index contributed by atoms with van der Waals surface area (Å²) in [4.78, 5) is 10.2. The Labute approximate surface area is 94.3 Å². The normalized spacial score (nSPS) is 12.5. The topological polar surface area (TPSA) is 94.7 Å². The van der Waals surface area contributed by atoms with Crippen molar-refractivity contribution in [2.75, 3.05) is 19.8 Å². The highest BCUT2D eigenvalue weighted by Crippen LogP contribution is 2.08. The van der Waals surface area contributed by atoms with Crippen molar-refractivity contribution in [2.24, 2.45) is 0 Å². The highest BCUT2D eigenvalue weighted by molar-refractivity contribution is 5.77. The molecule has 0 aromatic heterocycles. The molecular weight excluding hydrogens is 216 g/mol. The second kappa shape index (κ2) is 8.00. The Morgan fingerprint density at radius 1 is 1.25 bits per heavy atom. The lowest BCUT2D eigenvalue weighted by Crippen LogP contribution is -2.44. The van der Waals surface area contributed by atoms with Gasteiger partial charge in [0.05, 0.1) is 6.61 Å². The van der Waals surface area contributed by atoms with Gasteiger partial charge in [-0.15, -0.1) is 0 Å². The zero-order valence-electron chi connectivity index (χ0n) is 9.76. The largest absolute Gasteiger partial charge is 0.476 e. The molecule has 0 radical (unpaired) electrons. The Hall–Kier alpha value is -1.21. The van der Waals surface area contributed by atoms with E-state index in [2.05, 4.69) is 0 Å². The number of hydrogen-bond donors (Lipinski definition) is 1. The molecule has 0 spiro atoms. The molecule has 7 heteroatoms. The molecular formula is C9H18N2O5. The minimum absolute atomic E-state index is 0.203. The molecule has 0 aliphatic rings. The van der Waals surface area contributed by atoms with Crippen LogP contribution in [0.2, 0.25) is 0 Å². The Kier molecular flexibility index (Phi) is 7.40. The van der Waals surface area contributed by atoms with Gasteiger partial charge in [0.15, 0.2) is 0 Å². The van der Waals surface area contributed by atoms with Gasteiger partial charge in [0, 0.05) is 18.1 Å². The summed E-state index contributed by atoms with van der Waals surface area (Å²) in [7, 11) is 0. The lowest BCUT2D eigenvalue weighted by atomic mass is 10.3. The van der Waals surface area contributed by atoms with Crippen LogP contribution in [-0.4, -0.2) is 43.0 Å². The lowest BCUT2D eigenvalue weighted by Gasteiger charge is -2.20. The molecule has 1 unspecified atom stereocenters. The molecule has 0 heterocycles. The van der Waals surface area contributed by atoms with Crippen LogP contribution >= 0.6 is 0 Å². The molecule has 0 rings (SSSR count). The van der Waals surface area contributed by atoms with E-state index in [0.29, 0.717) is 0 Å². The van der Waals surface area contributed by atoms with Gasteiger partial charge in [-0.2, -0.15) is 0 Å². The minimum atomic E-state index is -1.42. The molecule has 0 saturated heterocycles. The van der Waals surface area contributed by atoms with Crippen molar-refractivity contribution >= 4 is 5.90 Å². The molecule has 0 bridgehead atoms. The fourth-order valence-electron chi connectivity index (χ4n) is 1.12. The van der Waals surface area contributed by atoms with Gasteiger partial charge in [-0.1, -0.05) is 0 Å². The number of nitro groups is 1. The SMILES string of the molecule is CCOC(=N)C(C(OCC)OCC)[N+](=O)[O-]. The van der Waals surface area contributed by atoms with Gasteiger partial charge in [0.2, 0.25) is 6.29 Å². The number of nitrogens with zero attached hydrogens (tertiary/aromatic N) is 1. The summed E-state index contributed by atoms with van der Waals surface area (Å²) >= 11 is 0. The third-order valence-electron chi connectivity index (χ3n) is 1.72. The number of ether oxygens (including phenoxy) is 3. The summed E-state index contributed by atoms with van der Waals surface area (Å²) in [5.41, 5.74) is 0. The average Bonchev–Trinajstić information content (AvgIpc) is 2.18. The van der Waals surface area contributed by atoms with E-state index in [9.17, 15) is 10.1 Å². The van der Waals surface area contributed by atoms with Crippen LogP contribution in [0.3, 0.4) is 0 Å². The van der Waals surface area contributed by atoms with Crippen LogP contribution in [0.25, 0.3) is 0 Å². The quantitative estimate of drug-likeness (QED) is 0.222. The Bertz CT molecular complexity index is 228. The minimum Gasteiger partial charge on any atom is -0.476 e. The van der Waals surface area contributed by atoms with Crippen LogP contribution in [0.4, 0.5) is 0 Å². The van der Waals surface area contributed by atoms with Crippen LogP contribution in [0.5, 0.6) is 0 Å². The molecule has 94 valence electrons. The highest BCUT2D eigenvalue weighted by atomic mass is 16.7. The fraction of sp³-hybridized carbons (Fsp3) is 0.889. The summed E-state index contributed by atoms with van der Waals surface area (Å²) in [5, 5.41) is 18.3. The van der Waals surface area contributed by atoms with Crippen molar-refractivity contribution < 1.29 is 19.1 Å². The van der Waals surface area contributed by atoms with Crippen LogP contribution in [0, 0.1) is 15.5 Å². The van der Waals surface area contributed by atoms with Crippen molar-refractivity contribution in [1.29, 1.82) is 5.41 Å². The van der Waals surface area contributed by atoms with Crippen LogP contribution in [0.15, 0.2) is 0 Å². The number of rotatable bonds is 8. The molecule has 0 aliphatic carbocycles. The van der Waals surface area contributed by atoms with Gasteiger partial charge >= 0.3 is 6.04 Å². The average molecular weight is 234 g/mol. The van der Waals surface area contributed by atoms with Gasteiger partial charge in [0.1, 0.15) is 0 Å². The smallest absolute Gasteiger partial charge is 0.336 e. The zero-order chi connectivity index (χ0) is 12.6. The maximum atomic E-state index is 10.8. The van der Waals surface area contributed by atoms with Crippen LogP contribution in [-0.2, 0) is 14.2 Å². The summed E-state index contributed by atoms with van der Waals surface area (Å²) in [6, 6.07) is -1.42. The zero-order valence-corrected chi connectivity index (χ0v) is 9.76. The maximum Gasteiger partial charge on any atom is 0.336 e. The van der Waals surface area contributed by atoms with Gasteiger partial charge in [0.25, 0.3) is 5.90 Å². The standard InChI is InChI=1S/C9H18N2O5/c1-4-14-8(10)7(11(12)13)9(15-5-2)16-6-3/h7,9-10H,4-6H2,1-3H3. The van der Waals surface area contributed by atoms with E-state index in [4.69, 9.17) is 19.6 Å². The van der Waals surface area contributed by atoms with E-state index in [1.54, 1.807) is 20.8 Å². The van der Waals surface area contributed by atoms with E-state index >= 15 is 0 Å². The third-order valence-corrected chi connectivity index (χ3v) is 1.72. The number of nitrogens with one attached hydrogen (secondary N) is 1. The first-order chi connectivity index (χ1) is 7.58. The second-order valence-electron chi connectivity index (χ2n) is 2.81. The van der Waals surface area contributed by atoms with Crippen molar-refractivity contribution in [2.45, 2.75) is 33.1 Å². The molecule has 0 aromatic carbocycles. The third kappa shape index (κ3) is 4.54. The highest BCUT2D eigenvalue weighted by Gasteiger charge is 2.38. The molecule has 0 fully saturated rings. The Morgan fingerprint density at radius 2 is 1.75 bits per heavy atom. The molecule has 16 heavy (non-hydrogen) atoms. The Morgan fingerprint density at radius 3 is 2.06 bits per heavy atom. The first kappa shape index (κ1) is 14.8. The lowest BCUT2D eigenvalue weighted by molar-refractivity contribution is -0.531. The van der Waals surface area contributed by atoms with Crippen molar-refractivity contribution in [3.63, 3.8) is 0 Å². The molecule has 1 atom stereocenters. The summed E-state index contributed by atoms with van der Waals surface area (Å²) in [6.45, 7) is 5.81. The molecule has 0 aliphatic heterocycles. The fourth-order valence-corrected chi connectivity index (χ4v) is 1.12. The number of hydrogen-bond acceptors (Lipinski definition) is 6. The Balaban J connectivity index is 4.68. The van der Waals surface area contributed by atoms with E-state index in [0.717, 1.165) is 0 Å². The van der Waals surface area contributed by atoms with E-state index < -0.39 is 23.2 Å². The van der Waals surface area contributed by atoms with Crippen molar-refractivity contribution in [3.05, 3.63) is 10.1 Å². The van der Waals surface area contributed by atoms with E-state index in [1.807, 2.05) is 0 Å². The summed E-state index contributed by atoms with van der Waals surface area (Å²) in [5.74, 6) is -0.445. The second-order valence-corrected chi connectivity index (χ2v) is 2.81.